The molecule has 1 fully saturated rings. The van der Waals surface area contributed by atoms with Crippen molar-refractivity contribution in [3.8, 4) is 5.75 Å². The van der Waals surface area contributed by atoms with Crippen molar-refractivity contribution in [2.24, 2.45) is 0 Å². The van der Waals surface area contributed by atoms with Crippen molar-refractivity contribution in [2.75, 3.05) is 20.3 Å². The van der Waals surface area contributed by atoms with Gasteiger partial charge in [-0.1, -0.05) is 43.7 Å². The summed E-state index contributed by atoms with van der Waals surface area (Å²) in [6, 6.07) is 14.8. The van der Waals surface area contributed by atoms with Crippen molar-refractivity contribution in [1.29, 1.82) is 0 Å². The summed E-state index contributed by atoms with van der Waals surface area (Å²) in [5.41, 5.74) is 0.834. The molecule has 0 amide bonds. The van der Waals surface area contributed by atoms with Crippen LogP contribution in [0.2, 0.25) is 0 Å². The van der Waals surface area contributed by atoms with Crippen molar-refractivity contribution in [1.82, 2.24) is 4.90 Å². The van der Waals surface area contributed by atoms with E-state index in [2.05, 4.69) is 6.92 Å². The lowest BCUT2D eigenvalue weighted by molar-refractivity contribution is -0.153. The van der Waals surface area contributed by atoms with Crippen LogP contribution in [-0.2, 0) is 19.4 Å². The fourth-order valence-corrected chi connectivity index (χ4v) is 5.84. The normalized spacial score (nSPS) is 20.6. The zero-order valence-corrected chi connectivity index (χ0v) is 19.3. The number of piperidine rings is 1. The summed E-state index contributed by atoms with van der Waals surface area (Å²) in [6.45, 7) is 2.96. The first-order valence-corrected chi connectivity index (χ1v) is 12.5. The highest BCUT2D eigenvalue weighted by Crippen LogP contribution is 2.34. The molecule has 3 atom stereocenters. The Morgan fingerprint density at radius 1 is 1.16 bits per heavy atom. The zero-order valence-electron chi connectivity index (χ0n) is 18.5. The first kappa shape index (κ1) is 24.2. The summed E-state index contributed by atoms with van der Waals surface area (Å²) in [5, 5.41) is 9.11. The Labute approximate surface area is 189 Å². The Morgan fingerprint density at radius 2 is 1.84 bits per heavy atom. The molecule has 0 radical (unpaired) electrons. The van der Waals surface area contributed by atoms with Crippen molar-refractivity contribution in [3.63, 3.8) is 0 Å². The summed E-state index contributed by atoms with van der Waals surface area (Å²) < 4.78 is 37.7. The number of aliphatic carboxylic acids is 1. The Hall–Kier alpha value is -2.42. The monoisotopic (exact) mass is 461 g/mol. The molecular weight excluding hydrogens is 430 g/mol. The number of rotatable bonds is 10. The summed E-state index contributed by atoms with van der Waals surface area (Å²) in [4.78, 5) is 14.0. The highest BCUT2D eigenvalue weighted by Gasteiger charge is 2.42. The number of unbranched alkanes of at least 4 members (excludes halogenated alkanes) is 1. The summed E-state index contributed by atoms with van der Waals surface area (Å²) in [7, 11) is -2.15. The van der Waals surface area contributed by atoms with Gasteiger partial charge in [0, 0.05) is 13.7 Å². The van der Waals surface area contributed by atoms with Crippen LogP contribution in [0.5, 0.6) is 5.75 Å². The van der Waals surface area contributed by atoms with Crippen LogP contribution in [0.3, 0.4) is 0 Å². The van der Waals surface area contributed by atoms with Gasteiger partial charge in [-0.2, -0.15) is 0 Å². The second kappa shape index (κ2) is 10.9. The van der Waals surface area contributed by atoms with Gasteiger partial charge in [0.25, 0.3) is 0 Å². The topological polar surface area (TPSA) is 93.1 Å². The lowest BCUT2D eigenvalue weighted by Crippen LogP contribution is -2.52. The lowest BCUT2D eigenvalue weighted by Gasteiger charge is -2.41. The SMILES string of the molecule is CCCCOc1ccc(S(=O)(=O)C2CCN(C(OC)c3ccccc3)C(C(=O)O)C2)cc1. The molecule has 0 spiro atoms. The van der Waals surface area contributed by atoms with Gasteiger partial charge in [0.2, 0.25) is 0 Å². The molecule has 0 bridgehead atoms. The van der Waals surface area contributed by atoms with E-state index in [-0.39, 0.29) is 11.3 Å². The summed E-state index contributed by atoms with van der Waals surface area (Å²) >= 11 is 0. The maximum Gasteiger partial charge on any atom is 0.321 e. The molecule has 1 saturated heterocycles. The maximum atomic E-state index is 13.3. The van der Waals surface area contributed by atoms with Crippen LogP contribution < -0.4 is 4.74 Å². The minimum Gasteiger partial charge on any atom is -0.494 e. The molecule has 7 nitrogen and oxygen atoms in total. The molecule has 174 valence electrons. The van der Waals surface area contributed by atoms with E-state index in [1.165, 1.54) is 7.11 Å². The van der Waals surface area contributed by atoms with E-state index < -0.39 is 33.3 Å². The number of likely N-dealkylation sites (tertiary alicyclic amines) is 1. The Balaban J connectivity index is 1.77. The second-order valence-corrected chi connectivity index (χ2v) is 10.2. The second-order valence-electron chi connectivity index (χ2n) is 7.96. The first-order valence-electron chi connectivity index (χ1n) is 10.9. The predicted molar refractivity (Wildman–Crippen MR) is 121 cm³/mol. The molecule has 1 N–H and O–H groups in total. The smallest absolute Gasteiger partial charge is 0.321 e. The molecule has 1 aliphatic rings. The summed E-state index contributed by atoms with van der Waals surface area (Å²) in [6.07, 6.45) is 1.72. The van der Waals surface area contributed by atoms with Gasteiger partial charge < -0.3 is 14.6 Å². The third-order valence-electron chi connectivity index (χ3n) is 5.85. The fraction of sp³-hybridized carbons (Fsp3) is 0.458. The molecule has 8 heteroatoms. The van der Waals surface area contributed by atoms with Crippen LogP contribution in [0.4, 0.5) is 0 Å². The fourth-order valence-electron chi connectivity index (χ4n) is 4.09. The van der Waals surface area contributed by atoms with Gasteiger partial charge in [0.05, 0.1) is 16.8 Å². The molecule has 2 aromatic carbocycles. The number of benzene rings is 2. The van der Waals surface area contributed by atoms with Crippen molar-refractivity contribution in [2.45, 2.75) is 55.0 Å². The molecule has 3 unspecified atom stereocenters. The van der Waals surface area contributed by atoms with Crippen LogP contribution >= 0.6 is 0 Å². The van der Waals surface area contributed by atoms with Gasteiger partial charge >= 0.3 is 5.97 Å². The van der Waals surface area contributed by atoms with E-state index in [4.69, 9.17) is 9.47 Å². The number of methoxy groups -OCH3 is 1. The quantitative estimate of drug-likeness (QED) is 0.536. The largest absolute Gasteiger partial charge is 0.494 e. The van der Waals surface area contributed by atoms with E-state index in [1.807, 2.05) is 30.3 Å². The van der Waals surface area contributed by atoms with E-state index in [1.54, 1.807) is 29.2 Å². The third kappa shape index (κ3) is 5.49. The van der Waals surface area contributed by atoms with Crippen LogP contribution in [0.15, 0.2) is 59.5 Å². The van der Waals surface area contributed by atoms with Gasteiger partial charge in [0.1, 0.15) is 18.0 Å². The highest BCUT2D eigenvalue weighted by molar-refractivity contribution is 7.92. The van der Waals surface area contributed by atoms with E-state index in [0.29, 0.717) is 25.3 Å². The number of nitrogens with zero attached hydrogens (tertiary/aromatic N) is 1. The molecule has 2 aromatic rings. The number of carboxylic acids is 1. The average Bonchev–Trinajstić information content (AvgIpc) is 2.81. The summed E-state index contributed by atoms with van der Waals surface area (Å²) in [5.74, 6) is -0.427. The Kier molecular flexibility index (Phi) is 8.28. The van der Waals surface area contributed by atoms with Gasteiger partial charge in [-0.15, -0.1) is 0 Å². The Morgan fingerprint density at radius 3 is 2.44 bits per heavy atom. The molecule has 0 aliphatic carbocycles. The first-order chi connectivity index (χ1) is 15.4. The zero-order chi connectivity index (χ0) is 23.1. The number of carboxylic acid groups (broad SMARTS) is 1. The van der Waals surface area contributed by atoms with Crippen molar-refractivity contribution >= 4 is 15.8 Å². The van der Waals surface area contributed by atoms with Crippen LogP contribution in [0.25, 0.3) is 0 Å². The molecular formula is C24H31NO6S. The highest BCUT2D eigenvalue weighted by atomic mass is 32.2. The molecule has 32 heavy (non-hydrogen) atoms. The number of hydrogen-bond donors (Lipinski definition) is 1. The van der Waals surface area contributed by atoms with Crippen LogP contribution in [0.1, 0.15) is 44.4 Å². The van der Waals surface area contributed by atoms with Gasteiger partial charge in [-0.05, 0) is 49.1 Å². The van der Waals surface area contributed by atoms with Gasteiger partial charge in [0.15, 0.2) is 9.84 Å². The number of ether oxygens (including phenoxy) is 2. The average molecular weight is 462 g/mol. The third-order valence-corrected chi connectivity index (χ3v) is 8.08. The standard InChI is InChI=1S/C24H31NO6S/c1-3-4-16-31-19-10-12-20(13-11-19)32(28,29)21-14-15-25(22(17-21)24(26)27)23(30-2)18-8-6-5-7-9-18/h5-13,21-23H,3-4,14-17H2,1-2H3,(H,26,27). The maximum absolute atomic E-state index is 13.3. The molecule has 3 rings (SSSR count). The number of carbonyl (C=O) groups is 1. The van der Waals surface area contributed by atoms with Crippen molar-refractivity contribution in [3.05, 3.63) is 60.2 Å². The molecule has 0 saturated carbocycles. The van der Waals surface area contributed by atoms with Crippen LogP contribution in [0, 0.1) is 0 Å². The molecule has 0 aromatic heterocycles. The van der Waals surface area contributed by atoms with E-state index in [0.717, 1.165) is 18.4 Å². The van der Waals surface area contributed by atoms with Crippen molar-refractivity contribution < 1.29 is 27.8 Å². The van der Waals surface area contributed by atoms with Crippen LogP contribution in [-0.4, -0.2) is 55.9 Å². The van der Waals surface area contributed by atoms with Gasteiger partial charge in [-0.3, -0.25) is 9.69 Å². The van der Waals surface area contributed by atoms with E-state index >= 15 is 0 Å². The predicted octanol–water partition coefficient (Wildman–Crippen LogP) is 3.90. The lowest BCUT2D eigenvalue weighted by atomic mass is 9.99. The minimum absolute atomic E-state index is 0.000881. The minimum atomic E-state index is -3.68. The number of hydrogen-bond acceptors (Lipinski definition) is 6. The Bertz CT molecular complexity index is 977. The van der Waals surface area contributed by atoms with Gasteiger partial charge in [-0.25, -0.2) is 8.42 Å². The van der Waals surface area contributed by atoms with E-state index in [9.17, 15) is 18.3 Å². The molecule has 1 aliphatic heterocycles. The molecule has 1 heterocycles. The number of sulfone groups is 1.